The lowest BCUT2D eigenvalue weighted by Crippen LogP contribution is -2.36. The third-order valence-electron chi connectivity index (χ3n) is 1.56. The van der Waals surface area contributed by atoms with Crippen molar-refractivity contribution in [2.45, 2.75) is 18.3 Å². The van der Waals surface area contributed by atoms with Crippen molar-refractivity contribution >= 4 is 10.1 Å². The van der Waals surface area contributed by atoms with E-state index in [4.69, 9.17) is 14.4 Å². The maximum absolute atomic E-state index is 10.7. The standard InChI is InChI=1S/C7H14O5S/c1-3-4-12-6(2)7(5-8)13(9,10)11/h3,6-8H,1,4-5H2,2H3,(H,9,10,11). The van der Waals surface area contributed by atoms with Gasteiger partial charge in [0.15, 0.2) is 0 Å². The van der Waals surface area contributed by atoms with E-state index in [0.717, 1.165) is 0 Å². The molecule has 78 valence electrons. The molecule has 6 heteroatoms. The van der Waals surface area contributed by atoms with Crippen molar-refractivity contribution in [1.82, 2.24) is 0 Å². The van der Waals surface area contributed by atoms with Crippen LogP contribution in [0.2, 0.25) is 0 Å². The fraction of sp³-hybridized carbons (Fsp3) is 0.714. The number of aliphatic hydroxyl groups excluding tert-OH is 1. The SMILES string of the molecule is C=CCOC(C)C(CO)S(=O)(=O)O. The average Bonchev–Trinajstić information content (AvgIpc) is 1.99. The molecule has 2 N–H and O–H groups in total. The van der Waals surface area contributed by atoms with Gasteiger partial charge in [-0.05, 0) is 6.92 Å². The third-order valence-corrected chi connectivity index (χ3v) is 2.86. The zero-order valence-electron chi connectivity index (χ0n) is 7.38. The number of hydrogen-bond acceptors (Lipinski definition) is 4. The molecule has 0 bridgehead atoms. The van der Waals surface area contributed by atoms with Gasteiger partial charge in [-0.1, -0.05) is 6.08 Å². The Labute approximate surface area is 77.8 Å². The molecule has 0 aliphatic heterocycles. The molecule has 2 atom stereocenters. The lowest BCUT2D eigenvalue weighted by Gasteiger charge is -2.18. The zero-order valence-corrected chi connectivity index (χ0v) is 8.20. The van der Waals surface area contributed by atoms with Crippen LogP contribution in [0, 0.1) is 0 Å². The Kier molecular flexibility index (Phi) is 5.16. The van der Waals surface area contributed by atoms with E-state index in [0.29, 0.717) is 0 Å². The van der Waals surface area contributed by atoms with Gasteiger partial charge < -0.3 is 9.84 Å². The van der Waals surface area contributed by atoms with Crippen LogP contribution in [0.25, 0.3) is 0 Å². The molecule has 0 fully saturated rings. The summed E-state index contributed by atoms with van der Waals surface area (Å²) in [4.78, 5) is 0. The van der Waals surface area contributed by atoms with Gasteiger partial charge in [0.1, 0.15) is 5.25 Å². The van der Waals surface area contributed by atoms with Gasteiger partial charge in [-0.2, -0.15) is 8.42 Å². The smallest absolute Gasteiger partial charge is 0.272 e. The van der Waals surface area contributed by atoms with Gasteiger partial charge in [0.25, 0.3) is 10.1 Å². The summed E-state index contributed by atoms with van der Waals surface area (Å²) < 4.78 is 34.9. The Hall–Kier alpha value is -0.430. The van der Waals surface area contributed by atoms with E-state index >= 15 is 0 Å². The van der Waals surface area contributed by atoms with Crippen molar-refractivity contribution in [3.8, 4) is 0 Å². The largest absolute Gasteiger partial charge is 0.395 e. The lowest BCUT2D eigenvalue weighted by atomic mass is 10.3. The molecule has 0 aromatic heterocycles. The first-order chi connectivity index (χ1) is 5.93. The maximum Gasteiger partial charge on any atom is 0.272 e. The Bertz CT molecular complexity index is 246. The number of hydrogen-bond donors (Lipinski definition) is 2. The minimum absolute atomic E-state index is 0.174. The van der Waals surface area contributed by atoms with Gasteiger partial charge >= 0.3 is 0 Å². The van der Waals surface area contributed by atoms with E-state index in [-0.39, 0.29) is 6.61 Å². The normalized spacial score (nSPS) is 16.5. The molecule has 0 spiro atoms. The first-order valence-corrected chi connectivity index (χ1v) is 5.23. The van der Waals surface area contributed by atoms with Crippen molar-refractivity contribution in [3.05, 3.63) is 12.7 Å². The van der Waals surface area contributed by atoms with Crippen LogP contribution < -0.4 is 0 Å². The molecule has 0 saturated heterocycles. The van der Waals surface area contributed by atoms with E-state index in [1.54, 1.807) is 0 Å². The van der Waals surface area contributed by atoms with Crippen molar-refractivity contribution in [2.24, 2.45) is 0 Å². The summed E-state index contributed by atoms with van der Waals surface area (Å²) in [5, 5.41) is 7.39. The van der Waals surface area contributed by atoms with Crippen LogP contribution in [0.5, 0.6) is 0 Å². The van der Waals surface area contributed by atoms with Crippen LogP contribution in [0.15, 0.2) is 12.7 Å². The average molecular weight is 210 g/mol. The Morgan fingerprint density at radius 2 is 2.15 bits per heavy atom. The fourth-order valence-corrected chi connectivity index (χ4v) is 1.56. The van der Waals surface area contributed by atoms with E-state index in [9.17, 15) is 8.42 Å². The van der Waals surface area contributed by atoms with Gasteiger partial charge in [0.2, 0.25) is 0 Å². The highest BCUT2D eigenvalue weighted by molar-refractivity contribution is 7.86. The van der Waals surface area contributed by atoms with E-state index in [1.807, 2.05) is 0 Å². The summed E-state index contributed by atoms with van der Waals surface area (Å²) >= 11 is 0. The summed E-state index contributed by atoms with van der Waals surface area (Å²) in [6.45, 7) is 4.34. The van der Waals surface area contributed by atoms with Gasteiger partial charge in [0, 0.05) is 0 Å². The molecule has 2 unspecified atom stereocenters. The highest BCUT2D eigenvalue weighted by Gasteiger charge is 2.28. The van der Waals surface area contributed by atoms with Crippen LogP contribution in [0.3, 0.4) is 0 Å². The summed E-state index contributed by atoms with van der Waals surface area (Å²) in [6.07, 6.45) is 0.688. The summed E-state index contributed by atoms with van der Waals surface area (Å²) in [6, 6.07) is 0. The first-order valence-electron chi connectivity index (χ1n) is 3.73. The fourth-order valence-electron chi connectivity index (χ4n) is 0.812. The highest BCUT2D eigenvalue weighted by Crippen LogP contribution is 2.07. The molecule has 0 heterocycles. The highest BCUT2D eigenvalue weighted by atomic mass is 32.2. The molecule has 13 heavy (non-hydrogen) atoms. The zero-order chi connectivity index (χ0) is 10.5. The quantitative estimate of drug-likeness (QED) is 0.469. The molecule has 0 radical (unpaired) electrons. The number of rotatable bonds is 6. The van der Waals surface area contributed by atoms with E-state index in [1.165, 1.54) is 13.0 Å². The lowest BCUT2D eigenvalue weighted by molar-refractivity contribution is 0.0678. The second kappa shape index (κ2) is 5.33. The van der Waals surface area contributed by atoms with Crippen molar-refractivity contribution in [3.63, 3.8) is 0 Å². The molecule has 5 nitrogen and oxygen atoms in total. The molecule has 0 aromatic carbocycles. The van der Waals surface area contributed by atoms with Crippen molar-refractivity contribution in [2.75, 3.05) is 13.2 Å². The van der Waals surface area contributed by atoms with Crippen LogP contribution in [-0.4, -0.2) is 42.6 Å². The topological polar surface area (TPSA) is 83.8 Å². The van der Waals surface area contributed by atoms with E-state index < -0.39 is 28.1 Å². The van der Waals surface area contributed by atoms with Gasteiger partial charge in [0.05, 0.1) is 19.3 Å². The second-order valence-electron chi connectivity index (χ2n) is 2.56. The minimum atomic E-state index is -4.25. The van der Waals surface area contributed by atoms with Crippen LogP contribution in [0.1, 0.15) is 6.92 Å². The summed E-state index contributed by atoms with van der Waals surface area (Å²) in [5.41, 5.74) is 0. The molecule has 0 aliphatic carbocycles. The molecule has 0 rings (SSSR count). The van der Waals surface area contributed by atoms with Gasteiger partial charge in [-0.3, -0.25) is 4.55 Å². The number of ether oxygens (including phenoxy) is 1. The minimum Gasteiger partial charge on any atom is -0.395 e. The molecule has 0 saturated carbocycles. The van der Waals surface area contributed by atoms with Crippen LogP contribution in [-0.2, 0) is 14.9 Å². The molecular weight excluding hydrogens is 196 g/mol. The molecular formula is C7H14O5S. The van der Waals surface area contributed by atoms with Crippen molar-refractivity contribution < 1.29 is 22.8 Å². The first kappa shape index (κ1) is 12.6. The molecule has 0 aromatic rings. The maximum atomic E-state index is 10.7. The summed E-state index contributed by atoms with van der Waals surface area (Å²) in [7, 11) is -4.25. The Morgan fingerprint density at radius 3 is 2.46 bits per heavy atom. The summed E-state index contributed by atoms with van der Waals surface area (Å²) in [5.74, 6) is 0. The Balaban J connectivity index is 4.32. The monoisotopic (exact) mass is 210 g/mol. The van der Waals surface area contributed by atoms with Gasteiger partial charge in [-0.15, -0.1) is 6.58 Å². The predicted molar refractivity (Wildman–Crippen MR) is 48.0 cm³/mol. The molecule has 0 amide bonds. The van der Waals surface area contributed by atoms with Crippen molar-refractivity contribution in [1.29, 1.82) is 0 Å². The Morgan fingerprint density at radius 1 is 1.62 bits per heavy atom. The van der Waals surface area contributed by atoms with Crippen LogP contribution in [0.4, 0.5) is 0 Å². The van der Waals surface area contributed by atoms with Gasteiger partial charge in [-0.25, -0.2) is 0 Å². The second-order valence-corrected chi connectivity index (χ2v) is 4.20. The molecule has 0 aliphatic rings. The predicted octanol–water partition coefficient (Wildman–Crippen LogP) is -0.174. The number of aliphatic hydroxyl groups is 1. The third kappa shape index (κ3) is 4.37. The van der Waals surface area contributed by atoms with E-state index in [2.05, 4.69) is 6.58 Å². The van der Waals surface area contributed by atoms with Crippen LogP contribution >= 0.6 is 0 Å².